The molecule has 2 aromatic rings. The Labute approximate surface area is 143 Å². The van der Waals surface area contributed by atoms with E-state index in [4.69, 9.17) is 25.9 Å². The fourth-order valence-electron chi connectivity index (χ4n) is 2.75. The van der Waals surface area contributed by atoms with Crippen LogP contribution in [0.15, 0.2) is 28.7 Å². The number of carboxylic acids is 1. The first-order valence-corrected chi connectivity index (χ1v) is 7.75. The van der Waals surface area contributed by atoms with Gasteiger partial charge in [0, 0.05) is 18.5 Å². The van der Waals surface area contributed by atoms with Crippen molar-refractivity contribution in [1.82, 2.24) is 4.90 Å². The zero-order valence-electron chi connectivity index (χ0n) is 13.2. The van der Waals surface area contributed by atoms with Crippen LogP contribution in [-0.2, 0) is 17.8 Å². The van der Waals surface area contributed by atoms with Crippen molar-refractivity contribution in [3.05, 3.63) is 51.9 Å². The predicted octanol–water partition coefficient (Wildman–Crippen LogP) is 2.90. The van der Waals surface area contributed by atoms with Crippen LogP contribution in [0.5, 0.6) is 5.75 Å². The van der Waals surface area contributed by atoms with Gasteiger partial charge in [0.25, 0.3) is 5.91 Å². The van der Waals surface area contributed by atoms with E-state index in [1.165, 1.54) is 11.0 Å². The van der Waals surface area contributed by atoms with Crippen LogP contribution in [0.1, 0.15) is 27.4 Å². The number of halogens is 1. The summed E-state index contributed by atoms with van der Waals surface area (Å²) >= 11 is 5.95. The number of aromatic carboxylic acids is 1. The topological polar surface area (TPSA) is 80.0 Å². The number of fused-ring (bicyclic) bond motifs is 1. The number of hydrogen-bond donors (Lipinski definition) is 1. The van der Waals surface area contributed by atoms with Gasteiger partial charge in [-0.3, -0.25) is 4.79 Å². The van der Waals surface area contributed by atoms with Gasteiger partial charge in [-0.25, -0.2) is 4.79 Å². The number of ether oxygens (including phenoxy) is 1. The van der Waals surface area contributed by atoms with E-state index in [9.17, 15) is 9.59 Å². The van der Waals surface area contributed by atoms with Crippen molar-refractivity contribution in [3.8, 4) is 5.75 Å². The highest BCUT2D eigenvalue weighted by atomic mass is 35.5. The van der Waals surface area contributed by atoms with Crippen molar-refractivity contribution in [2.24, 2.45) is 0 Å². The molecule has 1 aromatic carbocycles. The van der Waals surface area contributed by atoms with Crippen LogP contribution in [0.3, 0.4) is 0 Å². The lowest BCUT2D eigenvalue weighted by atomic mass is 10.1. The monoisotopic (exact) mass is 349 g/mol. The largest absolute Gasteiger partial charge is 0.480 e. The number of likely N-dealkylation sites (N-methyl/N-ethyl adjacent to an activating group) is 1. The molecular weight excluding hydrogens is 334 g/mol. The standard InChI is InChI=1S/C17H16ClNO5/c1-9-13(17(21)22)7-12(23-9)8-19(2)16(20)15-6-10-5-11(18)3-4-14(10)24-15/h3-5,7,15H,6,8H2,1-2H3,(H,21,22). The van der Waals surface area contributed by atoms with Crippen LogP contribution < -0.4 is 4.74 Å². The lowest BCUT2D eigenvalue weighted by molar-refractivity contribution is -0.137. The molecule has 1 aromatic heterocycles. The minimum absolute atomic E-state index is 0.102. The van der Waals surface area contributed by atoms with E-state index < -0.39 is 12.1 Å². The number of furan rings is 1. The second kappa shape index (κ2) is 6.20. The van der Waals surface area contributed by atoms with Crippen LogP contribution in [0.2, 0.25) is 5.02 Å². The maximum atomic E-state index is 12.5. The second-order valence-electron chi connectivity index (χ2n) is 5.74. The van der Waals surface area contributed by atoms with Crippen molar-refractivity contribution < 1.29 is 23.8 Å². The molecule has 1 unspecified atom stereocenters. The third-order valence-electron chi connectivity index (χ3n) is 3.94. The fraction of sp³-hybridized carbons (Fsp3) is 0.294. The summed E-state index contributed by atoms with van der Waals surface area (Å²) in [7, 11) is 1.62. The molecule has 0 bridgehead atoms. The summed E-state index contributed by atoms with van der Waals surface area (Å²) in [5.41, 5.74) is 1.00. The molecule has 2 heterocycles. The molecule has 1 atom stereocenters. The van der Waals surface area contributed by atoms with E-state index in [0.29, 0.717) is 28.7 Å². The Bertz CT molecular complexity index is 813. The Morgan fingerprint density at radius 1 is 1.38 bits per heavy atom. The number of carbonyl (C=O) groups excluding carboxylic acids is 1. The quantitative estimate of drug-likeness (QED) is 0.918. The van der Waals surface area contributed by atoms with Gasteiger partial charge in [-0.1, -0.05) is 11.6 Å². The van der Waals surface area contributed by atoms with Gasteiger partial charge in [0.15, 0.2) is 6.10 Å². The van der Waals surface area contributed by atoms with Crippen LogP contribution in [0.25, 0.3) is 0 Å². The number of benzene rings is 1. The van der Waals surface area contributed by atoms with Gasteiger partial charge in [-0.05, 0) is 36.8 Å². The number of hydrogen-bond acceptors (Lipinski definition) is 4. The summed E-state index contributed by atoms with van der Waals surface area (Å²) in [4.78, 5) is 25.0. The maximum Gasteiger partial charge on any atom is 0.339 e. The Balaban J connectivity index is 1.68. The molecule has 1 N–H and O–H groups in total. The van der Waals surface area contributed by atoms with Crippen molar-refractivity contribution in [2.45, 2.75) is 26.0 Å². The van der Waals surface area contributed by atoms with Gasteiger partial charge in [-0.15, -0.1) is 0 Å². The lowest BCUT2D eigenvalue weighted by Crippen LogP contribution is -2.38. The first-order valence-electron chi connectivity index (χ1n) is 7.38. The average molecular weight is 350 g/mol. The minimum Gasteiger partial charge on any atom is -0.480 e. The molecule has 0 saturated carbocycles. The smallest absolute Gasteiger partial charge is 0.339 e. The lowest BCUT2D eigenvalue weighted by Gasteiger charge is -2.19. The highest BCUT2D eigenvalue weighted by molar-refractivity contribution is 6.30. The highest BCUT2D eigenvalue weighted by Crippen LogP contribution is 2.31. The Morgan fingerprint density at radius 3 is 2.79 bits per heavy atom. The highest BCUT2D eigenvalue weighted by Gasteiger charge is 2.31. The van der Waals surface area contributed by atoms with Crippen molar-refractivity contribution >= 4 is 23.5 Å². The molecule has 126 valence electrons. The molecule has 0 fully saturated rings. The SMILES string of the molecule is Cc1oc(CN(C)C(=O)C2Cc3cc(Cl)ccc3O2)cc1C(=O)O. The summed E-state index contributed by atoms with van der Waals surface area (Å²) in [6.45, 7) is 1.75. The Kier molecular flexibility index (Phi) is 4.24. The summed E-state index contributed by atoms with van der Waals surface area (Å²) in [6.07, 6.45) is -0.158. The van der Waals surface area contributed by atoms with Crippen LogP contribution in [0.4, 0.5) is 0 Å². The Morgan fingerprint density at radius 2 is 2.12 bits per heavy atom. The normalized spacial score (nSPS) is 15.7. The van der Waals surface area contributed by atoms with Crippen molar-refractivity contribution in [3.63, 3.8) is 0 Å². The number of rotatable bonds is 4. The third kappa shape index (κ3) is 3.10. The van der Waals surface area contributed by atoms with E-state index >= 15 is 0 Å². The van der Waals surface area contributed by atoms with Gasteiger partial charge in [0.2, 0.25) is 0 Å². The van der Waals surface area contributed by atoms with Crippen molar-refractivity contribution in [1.29, 1.82) is 0 Å². The molecular formula is C17H16ClNO5. The van der Waals surface area contributed by atoms with E-state index in [2.05, 4.69) is 0 Å². The molecule has 0 radical (unpaired) electrons. The summed E-state index contributed by atoms with van der Waals surface area (Å²) in [6, 6.07) is 6.70. The molecule has 6 nitrogen and oxygen atoms in total. The summed E-state index contributed by atoms with van der Waals surface area (Å²) < 4.78 is 11.1. The second-order valence-corrected chi connectivity index (χ2v) is 6.18. The maximum absolute atomic E-state index is 12.5. The molecule has 1 aliphatic heterocycles. The van der Waals surface area contributed by atoms with Crippen LogP contribution in [-0.4, -0.2) is 35.0 Å². The molecule has 7 heteroatoms. The number of amides is 1. The van der Waals surface area contributed by atoms with Gasteiger partial charge >= 0.3 is 5.97 Å². The number of aryl methyl sites for hydroxylation is 1. The molecule has 24 heavy (non-hydrogen) atoms. The number of carbonyl (C=O) groups is 2. The molecule has 1 aliphatic rings. The third-order valence-corrected chi connectivity index (χ3v) is 4.18. The van der Waals surface area contributed by atoms with E-state index in [1.807, 2.05) is 0 Å². The van der Waals surface area contributed by atoms with E-state index in [-0.39, 0.29) is 18.0 Å². The fourth-order valence-corrected chi connectivity index (χ4v) is 2.94. The molecule has 0 aliphatic carbocycles. The molecule has 3 rings (SSSR count). The Hall–Kier alpha value is -2.47. The first kappa shape index (κ1) is 16.4. The van der Waals surface area contributed by atoms with E-state index in [1.54, 1.807) is 32.2 Å². The molecule has 0 spiro atoms. The first-order chi connectivity index (χ1) is 11.3. The van der Waals surface area contributed by atoms with Gasteiger partial charge < -0.3 is 19.2 Å². The van der Waals surface area contributed by atoms with E-state index in [0.717, 1.165) is 5.56 Å². The van der Waals surface area contributed by atoms with Gasteiger partial charge in [0.05, 0.1) is 6.54 Å². The van der Waals surface area contributed by atoms with Crippen LogP contribution in [0, 0.1) is 6.92 Å². The van der Waals surface area contributed by atoms with Gasteiger partial charge in [-0.2, -0.15) is 0 Å². The predicted molar refractivity (Wildman–Crippen MR) is 86.5 cm³/mol. The molecule has 1 amide bonds. The summed E-state index contributed by atoms with van der Waals surface area (Å²) in [5, 5.41) is 9.65. The number of nitrogens with zero attached hydrogens (tertiary/aromatic N) is 1. The minimum atomic E-state index is -1.05. The zero-order valence-corrected chi connectivity index (χ0v) is 14.0. The van der Waals surface area contributed by atoms with Crippen LogP contribution >= 0.6 is 11.6 Å². The molecule has 0 saturated heterocycles. The summed E-state index contributed by atoms with van der Waals surface area (Å²) in [5.74, 6) is 0.140. The zero-order chi connectivity index (χ0) is 17.4. The number of carboxylic acid groups (broad SMARTS) is 1. The van der Waals surface area contributed by atoms with Gasteiger partial charge in [0.1, 0.15) is 22.8 Å². The van der Waals surface area contributed by atoms with Crippen molar-refractivity contribution in [2.75, 3.05) is 7.05 Å². The average Bonchev–Trinajstić information content (AvgIpc) is 3.09.